The molecule has 0 saturated heterocycles. The molecule has 1 aromatic heterocycles. The van der Waals surface area contributed by atoms with Crippen LogP contribution in [-0.4, -0.2) is 18.3 Å². The molecule has 0 amide bonds. The third-order valence-electron chi connectivity index (χ3n) is 2.78. The molecular formula is C13H12N2O3S. The third-order valence-corrected chi connectivity index (χ3v) is 3.51. The average molecular weight is 276 g/mol. The van der Waals surface area contributed by atoms with Crippen LogP contribution in [0.1, 0.15) is 15.9 Å². The molecule has 2 rings (SSSR count). The van der Waals surface area contributed by atoms with Gasteiger partial charge in [-0.15, -0.1) is 0 Å². The Morgan fingerprint density at radius 1 is 1.42 bits per heavy atom. The van der Waals surface area contributed by atoms with Crippen molar-refractivity contribution in [2.24, 2.45) is 0 Å². The molecule has 1 aromatic carbocycles. The summed E-state index contributed by atoms with van der Waals surface area (Å²) < 4.78 is 0. The number of benzene rings is 1. The van der Waals surface area contributed by atoms with Gasteiger partial charge in [-0.2, -0.15) is 11.3 Å². The number of hydrogen-bond acceptors (Lipinski definition) is 5. The Bertz CT molecular complexity index is 596. The molecule has 0 unspecified atom stereocenters. The Labute approximate surface area is 114 Å². The molecule has 1 heterocycles. The summed E-state index contributed by atoms with van der Waals surface area (Å²) in [5.74, 6) is 0. The zero-order valence-corrected chi connectivity index (χ0v) is 11.1. The Morgan fingerprint density at radius 3 is 2.79 bits per heavy atom. The maximum atomic E-state index is 10.9. The molecule has 19 heavy (non-hydrogen) atoms. The lowest BCUT2D eigenvalue weighted by Crippen LogP contribution is -2.16. The summed E-state index contributed by atoms with van der Waals surface area (Å²) in [5, 5.41) is 14.8. The van der Waals surface area contributed by atoms with Gasteiger partial charge in [0.1, 0.15) is 0 Å². The highest BCUT2D eigenvalue weighted by Crippen LogP contribution is 2.24. The van der Waals surface area contributed by atoms with Gasteiger partial charge in [0.2, 0.25) is 0 Å². The van der Waals surface area contributed by atoms with Crippen molar-refractivity contribution in [2.45, 2.75) is 6.54 Å². The lowest BCUT2D eigenvalue weighted by atomic mass is 10.1. The van der Waals surface area contributed by atoms with E-state index in [-0.39, 0.29) is 11.3 Å². The molecule has 0 saturated carbocycles. The zero-order chi connectivity index (χ0) is 13.8. The first kappa shape index (κ1) is 13.2. The summed E-state index contributed by atoms with van der Waals surface area (Å²) in [7, 11) is 1.88. The van der Waals surface area contributed by atoms with Crippen molar-refractivity contribution in [1.82, 2.24) is 0 Å². The van der Waals surface area contributed by atoms with Gasteiger partial charge in [-0.3, -0.25) is 14.9 Å². The molecular weight excluding hydrogens is 264 g/mol. The largest absolute Gasteiger partial charge is 0.370 e. The molecule has 0 fully saturated rings. The first-order valence-electron chi connectivity index (χ1n) is 5.57. The molecule has 2 aromatic rings. The van der Waals surface area contributed by atoms with Crippen LogP contribution in [0.5, 0.6) is 0 Å². The molecule has 0 aliphatic carbocycles. The molecule has 0 radical (unpaired) electrons. The minimum atomic E-state index is -0.549. The lowest BCUT2D eigenvalue weighted by Gasteiger charge is -2.18. The fourth-order valence-corrected chi connectivity index (χ4v) is 2.45. The van der Waals surface area contributed by atoms with E-state index in [0.29, 0.717) is 12.8 Å². The average Bonchev–Trinajstić information content (AvgIpc) is 2.90. The van der Waals surface area contributed by atoms with Crippen LogP contribution in [0, 0.1) is 10.1 Å². The van der Waals surface area contributed by atoms with Crippen molar-refractivity contribution < 1.29 is 9.72 Å². The summed E-state index contributed by atoms with van der Waals surface area (Å²) in [5.41, 5.74) is 1.87. The number of rotatable bonds is 5. The third kappa shape index (κ3) is 2.97. The SMILES string of the molecule is CN(Cc1ccsc1)c1ccc([N+](=O)[O-])c(C=O)c1. The van der Waals surface area contributed by atoms with Crippen LogP contribution < -0.4 is 4.90 Å². The molecule has 0 spiro atoms. The normalized spacial score (nSPS) is 10.2. The second-order valence-electron chi connectivity index (χ2n) is 4.11. The number of hydrogen-bond donors (Lipinski definition) is 0. The van der Waals surface area contributed by atoms with E-state index in [1.54, 1.807) is 17.4 Å². The van der Waals surface area contributed by atoms with E-state index in [2.05, 4.69) is 0 Å². The number of aldehydes is 1. The Balaban J connectivity index is 2.25. The van der Waals surface area contributed by atoms with E-state index in [4.69, 9.17) is 0 Å². The lowest BCUT2D eigenvalue weighted by molar-refractivity contribution is -0.385. The monoisotopic (exact) mass is 276 g/mol. The fourth-order valence-electron chi connectivity index (χ4n) is 1.79. The summed E-state index contributed by atoms with van der Waals surface area (Å²) in [6, 6.07) is 6.57. The van der Waals surface area contributed by atoms with Crippen LogP contribution in [0.2, 0.25) is 0 Å². The number of nitrogens with zero attached hydrogens (tertiary/aromatic N) is 2. The van der Waals surface area contributed by atoms with Gasteiger partial charge in [-0.05, 0) is 34.5 Å². The van der Waals surface area contributed by atoms with Gasteiger partial charge in [-0.1, -0.05) is 0 Å². The second-order valence-corrected chi connectivity index (χ2v) is 4.89. The highest BCUT2D eigenvalue weighted by Gasteiger charge is 2.14. The van der Waals surface area contributed by atoms with E-state index in [1.807, 2.05) is 28.8 Å². The van der Waals surface area contributed by atoms with Crippen LogP contribution in [0.4, 0.5) is 11.4 Å². The van der Waals surface area contributed by atoms with Crippen molar-refractivity contribution in [1.29, 1.82) is 0 Å². The van der Waals surface area contributed by atoms with Crippen molar-refractivity contribution >= 4 is 29.0 Å². The molecule has 0 aliphatic heterocycles. The van der Waals surface area contributed by atoms with Crippen LogP contribution in [0.15, 0.2) is 35.0 Å². The highest BCUT2D eigenvalue weighted by molar-refractivity contribution is 7.07. The van der Waals surface area contributed by atoms with Crippen LogP contribution >= 0.6 is 11.3 Å². The van der Waals surface area contributed by atoms with E-state index in [9.17, 15) is 14.9 Å². The van der Waals surface area contributed by atoms with Crippen LogP contribution in [-0.2, 0) is 6.54 Å². The predicted molar refractivity (Wildman–Crippen MR) is 74.9 cm³/mol. The molecule has 0 atom stereocenters. The van der Waals surface area contributed by atoms with Crippen molar-refractivity contribution in [3.05, 3.63) is 56.3 Å². The van der Waals surface area contributed by atoms with Gasteiger partial charge in [0.25, 0.3) is 5.69 Å². The number of carbonyl (C=O) groups is 1. The maximum Gasteiger partial charge on any atom is 0.280 e. The number of carbonyl (C=O) groups excluding carboxylic acids is 1. The van der Waals surface area contributed by atoms with Crippen molar-refractivity contribution in [3.8, 4) is 0 Å². The van der Waals surface area contributed by atoms with Gasteiger partial charge in [0, 0.05) is 25.3 Å². The van der Waals surface area contributed by atoms with Crippen LogP contribution in [0.25, 0.3) is 0 Å². The minimum absolute atomic E-state index is 0.0969. The summed E-state index contributed by atoms with van der Waals surface area (Å²) >= 11 is 1.62. The Kier molecular flexibility index (Phi) is 3.91. The standard InChI is InChI=1S/C13H12N2O3S/c1-14(7-10-4-5-19-9-10)12-2-3-13(15(17)18)11(6-12)8-16/h2-6,8-9H,7H2,1H3. The van der Waals surface area contributed by atoms with E-state index in [0.717, 1.165) is 5.69 Å². The quantitative estimate of drug-likeness (QED) is 0.478. The summed E-state index contributed by atoms with van der Waals surface area (Å²) in [4.78, 5) is 23.0. The molecule has 98 valence electrons. The minimum Gasteiger partial charge on any atom is -0.370 e. The predicted octanol–water partition coefficient (Wildman–Crippen LogP) is 3.11. The van der Waals surface area contributed by atoms with E-state index < -0.39 is 4.92 Å². The number of thiophene rings is 1. The first-order chi connectivity index (χ1) is 9.11. The topological polar surface area (TPSA) is 63.4 Å². The van der Waals surface area contributed by atoms with E-state index in [1.165, 1.54) is 17.7 Å². The molecule has 6 heteroatoms. The van der Waals surface area contributed by atoms with Crippen molar-refractivity contribution in [3.63, 3.8) is 0 Å². The first-order valence-corrected chi connectivity index (χ1v) is 6.52. The molecule has 0 aliphatic rings. The van der Waals surface area contributed by atoms with E-state index >= 15 is 0 Å². The van der Waals surface area contributed by atoms with Gasteiger partial charge in [0.15, 0.2) is 6.29 Å². The Hall–Kier alpha value is -2.21. The zero-order valence-electron chi connectivity index (χ0n) is 10.3. The van der Waals surface area contributed by atoms with Crippen molar-refractivity contribution in [2.75, 3.05) is 11.9 Å². The Morgan fingerprint density at radius 2 is 2.21 bits per heavy atom. The smallest absolute Gasteiger partial charge is 0.280 e. The summed E-state index contributed by atoms with van der Waals surface area (Å²) in [6.45, 7) is 0.694. The van der Waals surface area contributed by atoms with Gasteiger partial charge in [0.05, 0.1) is 10.5 Å². The number of anilines is 1. The van der Waals surface area contributed by atoms with Gasteiger partial charge >= 0.3 is 0 Å². The number of nitro groups is 1. The summed E-state index contributed by atoms with van der Waals surface area (Å²) in [6.07, 6.45) is 0.514. The second kappa shape index (κ2) is 5.62. The fraction of sp³-hybridized carbons (Fsp3) is 0.154. The van der Waals surface area contributed by atoms with Gasteiger partial charge < -0.3 is 4.90 Å². The highest BCUT2D eigenvalue weighted by atomic mass is 32.1. The number of nitro benzene ring substituents is 1. The molecule has 0 bridgehead atoms. The maximum absolute atomic E-state index is 10.9. The van der Waals surface area contributed by atoms with Gasteiger partial charge in [-0.25, -0.2) is 0 Å². The molecule has 0 N–H and O–H groups in total. The van der Waals surface area contributed by atoms with Crippen LogP contribution in [0.3, 0.4) is 0 Å². The molecule has 5 nitrogen and oxygen atoms in total.